The first-order valence-electron chi connectivity index (χ1n) is 8.29. The van der Waals surface area contributed by atoms with E-state index in [0.717, 1.165) is 11.1 Å². The zero-order chi connectivity index (χ0) is 19.1. The molecule has 0 radical (unpaired) electrons. The van der Waals surface area contributed by atoms with E-state index in [4.69, 9.17) is 0 Å². The summed E-state index contributed by atoms with van der Waals surface area (Å²) in [6, 6.07) is 13.0. The topological polar surface area (TPSA) is 82.2 Å². The number of aromatic amines is 1. The molecule has 3 aromatic rings. The Morgan fingerprint density at radius 1 is 1.15 bits per heavy atom. The smallest absolute Gasteiger partial charge is 0.337 e. The lowest BCUT2D eigenvalue weighted by Crippen LogP contribution is -2.04. The predicted octanol–water partition coefficient (Wildman–Crippen LogP) is 4.32. The molecule has 0 aliphatic carbocycles. The van der Waals surface area contributed by atoms with Crippen LogP contribution in [0, 0.1) is 12.7 Å². The van der Waals surface area contributed by atoms with Gasteiger partial charge in [0.1, 0.15) is 5.82 Å². The number of aromatic nitrogens is 1. The zero-order valence-corrected chi connectivity index (χ0v) is 14.3. The molecule has 1 aromatic heterocycles. The molecule has 1 aliphatic heterocycles. The largest absolute Gasteiger partial charge is 0.478 e. The van der Waals surface area contributed by atoms with Crippen LogP contribution >= 0.6 is 0 Å². The quantitative estimate of drug-likeness (QED) is 0.607. The van der Waals surface area contributed by atoms with Crippen molar-refractivity contribution in [3.05, 3.63) is 76.9 Å². The highest BCUT2D eigenvalue weighted by Gasteiger charge is 2.28. The molecule has 0 saturated carbocycles. The first kappa shape index (κ1) is 16.8. The van der Waals surface area contributed by atoms with Crippen molar-refractivity contribution in [2.24, 2.45) is 0 Å². The van der Waals surface area contributed by atoms with Gasteiger partial charge in [0.15, 0.2) is 0 Å². The number of H-pyrrole nitrogens is 1. The number of carboxylic acid groups (broad SMARTS) is 1. The second kappa shape index (κ2) is 6.25. The summed E-state index contributed by atoms with van der Waals surface area (Å²) in [7, 11) is 0. The standard InChI is InChI=1S/C21H15FN2O3/c1-11-9-15(21(26)27)18(23-11)10-16-19-14(12-5-7-13(22)8-6-12)3-2-4-17(19)24-20(16)25/h2-10,23H,1H3,(H,24,25)(H,26,27). The van der Waals surface area contributed by atoms with Crippen LogP contribution in [0.2, 0.25) is 0 Å². The lowest BCUT2D eigenvalue weighted by molar-refractivity contribution is -0.110. The molecular weight excluding hydrogens is 347 g/mol. The molecule has 3 N–H and O–H groups in total. The number of aromatic carboxylic acids is 1. The number of hydrogen-bond donors (Lipinski definition) is 3. The van der Waals surface area contributed by atoms with Crippen LogP contribution in [0.3, 0.4) is 0 Å². The van der Waals surface area contributed by atoms with E-state index in [1.54, 1.807) is 31.2 Å². The van der Waals surface area contributed by atoms with Gasteiger partial charge in [-0.1, -0.05) is 24.3 Å². The number of anilines is 1. The Hall–Kier alpha value is -3.67. The third-order valence-corrected chi connectivity index (χ3v) is 4.48. The summed E-state index contributed by atoms with van der Waals surface area (Å²) in [6.07, 6.45) is 1.55. The van der Waals surface area contributed by atoms with Crippen LogP contribution in [-0.4, -0.2) is 22.0 Å². The molecule has 2 aromatic carbocycles. The molecule has 0 spiro atoms. The first-order valence-corrected chi connectivity index (χ1v) is 8.29. The van der Waals surface area contributed by atoms with Gasteiger partial charge >= 0.3 is 5.97 Å². The van der Waals surface area contributed by atoms with Gasteiger partial charge in [-0.3, -0.25) is 4.79 Å². The van der Waals surface area contributed by atoms with Crippen LogP contribution < -0.4 is 5.32 Å². The number of carboxylic acids is 1. The highest BCUT2D eigenvalue weighted by Crippen LogP contribution is 2.40. The monoisotopic (exact) mass is 362 g/mol. The Labute approximate surface area is 154 Å². The van der Waals surface area contributed by atoms with Crippen LogP contribution in [-0.2, 0) is 4.79 Å². The summed E-state index contributed by atoms with van der Waals surface area (Å²) in [4.78, 5) is 27.0. The van der Waals surface area contributed by atoms with Gasteiger partial charge in [-0.25, -0.2) is 9.18 Å². The maximum Gasteiger partial charge on any atom is 0.337 e. The van der Waals surface area contributed by atoms with Gasteiger partial charge in [0.2, 0.25) is 0 Å². The minimum Gasteiger partial charge on any atom is -0.478 e. The Morgan fingerprint density at radius 2 is 1.89 bits per heavy atom. The molecule has 1 amide bonds. The third-order valence-electron chi connectivity index (χ3n) is 4.48. The van der Waals surface area contributed by atoms with Crippen molar-refractivity contribution in [3.63, 3.8) is 0 Å². The third kappa shape index (κ3) is 2.91. The Morgan fingerprint density at radius 3 is 2.59 bits per heavy atom. The molecule has 4 rings (SSSR count). The van der Waals surface area contributed by atoms with Crippen LogP contribution in [0.25, 0.3) is 22.8 Å². The van der Waals surface area contributed by atoms with E-state index in [2.05, 4.69) is 10.3 Å². The molecule has 5 nitrogen and oxygen atoms in total. The maximum atomic E-state index is 13.3. The molecule has 6 heteroatoms. The van der Waals surface area contributed by atoms with E-state index in [-0.39, 0.29) is 17.3 Å². The minimum atomic E-state index is -1.07. The highest BCUT2D eigenvalue weighted by atomic mass is 19.1. The molecule has 2 heterocycles. The normalized spacial score (nSPS) is 14.3. The molecule has 0 unspecified atom stereocenters. The fourth-order valence-electron chi connectivity index (χ4n) is 3.30. The van der Waals surface area contributed by atoms with Gasteiger partial charge in [-0.2, -0.15) is 0 Å². The van der Waals surface area contributed by atoms with E-state index < -0.39 is 5.97 Å². The predicted molar refractivity (Wildman–Crippen MR) is 101 cm³/mol. The lowest BCUT2D eigenvalue weighted by atomic mass is 9.94. The molecule has 1 aliphatic rings. The molecule has 0 bridgehead atoms. The average molecular weight is 362 g/mol. The van der Waals surface area contributed by atoms with E-state index in [1.807, 2.05) is 12.1 Å². The number of carbonyl (C=O) groups excluding carboxylic acids is 1. The Kier molecular flexibility index (Phi) is 3.88. The number of rotatable bonds is 3. The Bertz CT molecular complexity index is 1110. The average Bonchev–Trinajstić information content (AvgIpc) is 3.16. The van der Waals surface area contributed by atoms with Crippen molar-refractivity contribution in [2.45, 2.75) is 6.92 Å². The van der Waals surface area contributed by atoms with E-state index in [9.17, 15) is 19.1 Å². The van der Waals surface area contributed by atoms with Crippen molar-refractivity contribution in [3.8, 4) is 11.1 Å². The minimum absolute atomic E-state index is 0.0977. The summed E-state index contributed by atoms with van der Waals surface area (Å²) >= 11 is 0. The van der Waals surface area contributed by atoms with Gasteiger partial charge in [-0.05, 0) is 48.4 Å². The second-order valence-corrected chi connectivity index (χ2v) is 6.33. The number of fused-ring (bicyclic) bond motifs is 1. The number of aryl methyl sites for hydroxylation is 1. The number of amides is 1. The van der Waals surface area contributed by atoms with Crippen molar-refractivity contribution < 1.29 is 19.1 Å². The molecule has 134 valence electrons. The van der Waals surface area contributed by atoms with Crippen molar-refractivity contribution in [1.29, 1.82) is 0 Å². The van der Waals surface area contributed by atoms with Crippen molar-refractivity contribution in [1.82, 2.24) is 4.98 Å². The van der Waals surface area contributed by atoms with Gasteiger partial charge < -0.3 is 15.4 Å². The molecule has 0 saturated heterocycles. The van der Waals surface area contributed by atoms with Crippen molar-refractivity contribution in [2.75, 3.05) is 5.32 Å². The number of carbonyl (C=O) groups is 2. The summed E-state index contributed by atoms with van der Waals surface area (Å²) in [6.45, 7) is 1.75. The van der Waals surface area contributed by atoms with Crippen LogP contribution in [0.5, 0.6) is 0 Å². The van der Waals surface area contributed by atoms with E-state index >= 15 is 0 Å². The summed E-state index contributed by atoms with van der Waals surface area (Å²) in [5.74, 6) is -1.73. The number of hydrogen-bond acceptors (Lipinski definition) is 2. The van der Waals surface area contributed by atoms with Crippen LogP contribution in [0.4, 0.5) is 10.1 Å². The number of benzene rings is 2. The van der Waals surface area contributed by atoms with Crippen LogP contribution in [0.15, 0.2) is 48.5 Å². The van der Waals surface area contributed by atoms with Gasteiger partial charge in [0, 0.05) is 16.9 Å². The highest BCUT2D eigenvalue weighted by molar-refractivity contribution is 6.36. The fourth-order valence-corrected chi connectivity index (χ4v) is 3.30. The summed E-state index contributed by atoms with van der Waals surface area (Å²) < 4.78 is 13.3. The van der Waals surface area contributed by atoms with Gasteiger partial charge in [0.05, 0.1) is 16.8 Å². The summed E-state index contributed by atoms with van der Waals surface area (Å²) in [5, 5.41) is 12.2. The second-order valence-electron chi connectivity index (χ2n) is 6.33. The van der Waals surface area contributed by atoms with E-state index in [1.165, 1.54) is 18.2 Å². The summed E-state index contributed by atoms with van der Waals surface area (Å²) in [5.41, 5.74) is 4.31. The maximum absolute atomic E-state index is 13.3. The van der Waals surface area contributed by atoms with Crippen LogP contribution in [0.1, 0.15) is 27.3 Å². The van der Waals surface area contributed by atoms with Crippen molar-refractivity contribution >= 4 is 29.2 Å². The lowest BCUT2D eigenvalue weighted by Gasteiger charge is -2.09. The first-order chi connectivity index (χ1) is 12.9. The Balaban J connectivity index is 1.91. The zero-order valence-electron chi connectivity index (χ0n) is 14.3. The van der Waals surface area contributed by atoms with Gasteiger partial charge in [-0.15, -0.1) is 0 Å². The SMILES string of the molecule is Cc1cc(C(=O)O)c(C=C2C(=O)Nc3cccc(-c4ccc(F)cc4)c32)[nH]1. The fraction of sp³-hybridized carbons (Fsp3) is 0.0476. The molecule has 27 heavy (non-hydrogen) atoms. The van der Waals surface area contributed by atoms with E-state index in [0.29, 0.717) is 28.2 Å². The number of nitrogens with one attached hydrogen (secondary N) is 2. The molecule has 0 fully saturated rings. The molecular formula is C21H15FN2O3. The van der Waals surface area contributed by atoms with Gasteiger partial charge in [0.25, 0.3) is 5.91 Å². The number of halogens is 1. The molecule has 0 atom stereocenters.